The van der Waals surface area contributed by atoms with Crippen molar-refractivity contribution < 1.29 is 23.9 Å². The van der Waals surface area contributed by atoms with Crippen molar-refractivity contribution in [1.82, 2.24) is 15.1 Å². The van der Waals surface area contributed by atoms with Crippen LogP contribution in [0.15, 0.2) is 66.9 Å². The molecule has 0 saturated carbocycles. The van der Waals surface area contributed by atoms with E-state index in [0.717, 1.165) is 17.8 Å². The minimum Gasteiger partial charge on any atom is -0.480 e. The summed E-state index contributed by atoms with van der Waals surface area (Å²) in [4.78, 5) is 38.1. The summed E-state index contributed by atoms with van der Waals surface area (Å²) in [5.41, 5.74) is 1.21. The van der Waals surface area contributed by atoms with Crippen molar-refractivity contribution >= 4 is 46.4 Å². The Morgan fingerprint density at radius 1 is 1.05 bits per heavy atom. The van der Waals surface area contributed by atoms with Crippen molar-refractivity contribution in [3.63, 3.8) is 0 Å². The van der Waals surface area contributed by atoms with Gasteiger partial charge in [-0.1, -0.05) is 43.6 Å². The zero-order valence-corrected chi connectivity index (χ0v) is 21.3. The van der Waals surface area contributed by atoms with E-state index in [1.807, 2.05) is 30.3 Å². The van der Waals surface area contributed by atoms with Gasteiger partial charge in [-0.3, -0.25) is 9.59 Å². The molecule has 0 unspecified atom stereocenters. The maximum Gasteiger partial charge on any atom is 0.326 e. The van der Waals surface area contributed by atoms with Crippen LogP contribution < -0.4 is 10.6 Å². The third-order valence-corrected chi connectivity index (χ3v) is 6.66. The van der Waals surface area contributed by atoms with Gasteiger partial charge in [0.25, 0.3) is 11.8 Å². The molecule has 0 saturated heterocycles. The Morgan fingerprint density at radius 2 is 1.78 bits per heavy atom. The third kappa shape index (κ3) is 6.04. The second kappa shape index (κ2) is 10.9. The molecule has 190 valence electrons. The minimum atomic E-state index is -1.20. The van der Waals surface area contributed by atoms with Gasteiger partial charge in [-0.25, -0.2) is 13.9 Å². The van der Waals surface area contributed by atoms with Gasteiger partial charge in [-0.15, -0.1) is 11.3 Å². The number of carbonyl (C=O) groups is 3. The van der Waals surface area contributed by atoms with Crippen LogP contribution in [0.5, 0.6) is 0 Å². The number of amides is 2. The van der Waals surface area contributed by atoms with Gasteiger partial charge >= 0.3 is 5.97 Å². The highest BCUT2D eigenvalue weighted by Gasteiger charge is 2.25. The normalized spacial score (nSPS) is 11.8. The molecule has 4 aromatic rings. The minimum absolute atomic E-state index is 0.0224. The molecule has 0 aliphatic carbocycles. The van der Waals surface area contributed by atoms with Crippen LogP contribution in [0, 0.1) is 11.7 Å². The van der Waals surface area contributed by atoms with E-state index in [9.17, 15) is 23.9 Å². The summed E-state index contributed by atoms with van der Waals surface area (Å²) in [5.74, 6) is -3.72. The average molecular weight is 541 g/mol. The lowest BCUT2D eigenvalue weighted by Crippen LogP contribution is -2.44. The monoisotopic (exact) mass is 540 g/mol. The molecule has 0 aliphatic rings. The van der Waals surface area contributed by atoms with Crippen LogP contribution in [-0.4, -0.2) is 38.7 Å². The summed E-state index contributed by atoms with van der Waals surface area (Å²) in [5, 5.41) is 18.9. The van der Waals surface area contributed by atoms with E-state index >= 15 is 0 Å². The number of benzene rings is 2. The Labute approximate surface area is 220 Å². The van der Waals surface area contributed by atoms with Crippen molar-refractivity contribution in [3.05, 3.63) is 88.1 Å². The molecule has 2 aromatic carbocycles. The summed E-state index contributed by atoms with van der Waals surface area (Å²) < 4.78 is 16.5. The highest BCUT2D eigenvalue weighted by Crippen LogP contribution is 2.33. The predicted molar refractivity (Wildman–Crippen MR) is 140 cm³/mol. The van der Waals surface area contributed by atoms with E-state index in [1.165, 1.54) is 17.4 Å². The van der Waals surface area contributed by atoms with Crippen molar-refractivity contribution in [2.24, 2.45) is 5.92 Å². The van der Waals surface area contributed by atoms with Crippen LogP contribution >= 0.6 is 22.9 Å². The number of halogens is 2. The Bertz CT molecular complexity index is 1470. The average Bonchev–Trinajstić information content (AvgIpc) is 3.48. The molecule has 2 aromatic heterocycles. The summed E-state index contributed by atoms with van der Waals surface area (Å²) in [6, 6.07) is 14.8. The van der Waals surface area contributed by atoms with Crippen LogP contribution in [0.25, 0.3) is 16.3 Å². The van der Waals surface area contributed by atoms with Gasteiger partial charge in [0.1, 0.15) is 17.6 Å². The molecule has 0 spiro atoms. The fourth-order valence-corrected chi connectivity index (χ4v) is 4.65. The molecule has 8 nitrogen and oxygen atoms in total. The van der Waals surface area contributed by atoms with Crippen molar-refractivity contribution in [3.8, 4) is 16.3 Å². The molecule has 0 bridgehead atoms. The van der Waals surface area contributed by atoms with Gasteiger partial charge in [-0.05, 0) is 48.4 Å². The Balaban J connectivity index is 1.64. The first-order chi connectivity index (χ1) is 17.6. The lowest BCUT2D eigenvalue weighted by molar-refractivity contribution is -0.140. The Kier molecular flexibility index (Phi) is 7.70. The van der Waals surface area contributed by atoms with Gasteiger partial charge in [0.2, 0.25) is 0 Å². The predicted octanol–water partition coefficient (Wildman–Crippen LogP) is 5.48. The van der Waals surface area contributed by atoms with E-state index in [4.69, 9.17) is 11.6 Å². The second-order valence-corrected chi connectivity index (χ2v) is 10.2. The van der Waals surface area contributed by atoms with Gasteiger partial charge in [0, 0.05) is 17.4 Å². The number of carboxylic acids is 1. The molecule has 0 aliphatic heterocycles. The number of hydrogen-bond donors (Lipinski definition) is 3. The number of thiophene rings is 1. The number of anilines is 1. The number of para-hydroxylation sites is 1. The van der Waals surface area contributed by atoms with Gasteiger partial charge in [-0.2, -0.15) is 5.10 Å². The summed E-state index contributed by atoms with van der Waals surface area (Å²) >= 11 is 7.36. The maximum atomic E-state index is 14.4. The molecule has 1 atom stereocenters. The molecule has 2 heterocycles. The summed E-state index contributed by atoms with van der Waals surface area (Å²) in [6.07, 6.45) is 1.56. The second-order valence-electron chi connectivity index (χ2n) is 8.49. The number of hydrogen-bond acceptors (Lipinski definition) is 5. The lowest BCUT2D eigenvalue weighted by atomic mass is 10.0. The molecule has 0 fully saturated rings. The number of nitrogens with zero attached hydrogens (tertiary/aromatic N) is 2. The van der Waals surface area contributed by atoms with E-state index in [-0.39, 0.29) is 22.7 Å². The fraction of sp³-hybridized carbons (Fsp3) is 0.154. The van der Waals surface area contributed by atoms with Gasteiger partial charge < -0.3 is 15.7 Å². The summed E-state index contributed by atoms with van der Waals surface area (Å²) in [7, 11) is 0. The van der Waals surface area contributed by atoms with E-state index in [2.05, 4.69) is 15.7 Å². The third-order valence-electron chi connectivity index (χ3n) is 5.42. The number of carboxylic acid groups (broad SMARTS) is 1. The molecular weight excluding hydrogens is 519 g/mol. The largest absolute Gasteiger partial charge is 0.480 e. The number of carbonyl (C=O) groups excluding carboxylic acids is 2. The first kappa shape index (κ1) is 26.1. The molecule has 2 amide bonds. The van der Waals surface area contributed by atoms with Crippen molar-refractivity contribution in [2.75, 3.05) is 5.32 Å². The van der Waals surface area contributed by atoms with Crippen molar-refractivity contribution in [2.45, 2.75) is 19.9 Å². The Morgan fingerprint density at radius 3 is 2.41 bits per heavy atom. The fourth-order valence-electron chi connectivity index (χ4n) is 3.61. The van der Waals surface area contributed by atoms with Gasteiger partial charge in [0.15, 0.2) is 0 Å². The molecule has 4 rings (SSSR count). The standard InChI is InChI=1S/C26H22ClFN4O4S/c1-14(2)22(26(35)36)30-24(33)15-10-16(28)12-17(11-15)29-25(34)19-13-32(18-6-4-3-5-7-18)31-23(19)20-8-9-21(27)37-20/h3-14,22H,1-2H3,(H,29,34)(H,30,33)(H,35,36)/t22-/m0/s1. The number of nitrogens with one attached hydrogen (secondary N) is 2. The van der Waals surface area contributed by atoms with Crippen LogP contribution in [0.1, 0.15) is 34.6 Å². The van der Waals surface area contributed by atoms with E-state index < -0.39 is 29.6 Å². The number of aromatic nitrogens is 2. The van der Waals surface area contributed by atoms with Crippen LogP contribution in [0.4, 0.5) is 10.1 Å². The number of rotatable bonds is 8. The van der Waals surface area contributed by atoms with Crippen LogP contribution in [0.2, 0.25) is 4.34 Å². The zero-order chi connectivity index (χ0) is 26.7. The Hall–Kier alpha value is -4.02. The lowest BCUT2D eigenvalue weighted by Gasteiger charge is -2.18. The van der Waals surface area contributed by atoms with Crippen LogP contribution in [0.3, 0.4) is 0 Å². The van der Waals surface area contributed by atoms with Crippen molar-refractivity contribution in [1.29, 1.82) is 0 Å². The van der Waals surface area contributed by atoms with Gasteiger partial charge in [0.05, 0.1) is 20.5 Å². The zero-order valence-electron chi connectivity index (χ0n) is 19.7. The first-order valence-corrected chi connectivity index (χ1v) is 12.4. The first-order valence-electron chi connectivity index (χ1n) is 11.2. The van der Waals surface area contributed by atoms with Crippen LogP contribution in [-0.2, 0) is 4.79 Å². The maximum absolute atomic E-state index is 14.4. The highest BCUT2D eigenvalue weighted by atomic mass is 35.5. The molecular formula is C26H22ClFN4O4S. The molecule has 3 N–H and O–H groups in total. The molecule has 37 heavy (non-hydrogen) atoms. The SMILES string of the molecule is CC(C)[C@H](NC(=O)c1cc(F)cc(NC(=O)c2cn(-c3ccccc3)nc2-c2ccc(Cl)s2)c1)C(=O)O. The molecule has 11 heteroatoms. The summed E-state index contributed by atoms with van der Waals surface area (Å²) in [6.45, 7) is 3.29. The van der Waals surface area contributed by atoms with E-state index in [0.29, 0.717) is 14.9 Å². The quantitative estimate of drug-likeness (QED) is 0.274. The molecule has 0 radical (unpaired) electrons. The van der Waals surface area contributed by atoms with E-state index in [1.54, 1.807) is 36.9 Å². The smallest absolute Gasteiger partial charge is 0.326 e. The topological polar surface area (TPSA) is 113 Å². The number of aliphatic carboxylic acids is 1. The highest BCUT2D eigenvalue weighted by molar-refractivity contribution is 7.19.